The highest BCUT2D eigenvalue weighted by Gasteiger charge is 2.33. The number of halogens is 2. The van der Waals surface area contributed by atoms with Gasteiger partial charge in [-0.3, -0.25) is 0 Å². The van der Waals surface area contributed by atoms with Crippen LogP contribution in [0.5, 0.6) is 5.75 Å². The van der Waals surface area contributed by atoms with Crippen molar-refractivity contribution in [3.63, 3.8) is 0 Å². The van der Waals surface area contributed by atoms with Crippen LogP contribution in [0.25, 0.3) is 0 Å². The Bertz CT molecular complexity index is 736. The molecule has 0 aliphatic carbocycles. The van der Waals surface area contributed by atoms with E-state index in [1.165, 1.54) is 12.1 Å². The summed E-state index contributed by atoms with van der Waals surface area (Å²) in [6.07, 6.45) is 0.284. The van der Waals surface area contributed by atoms with Gasteiger partial charge in [0.15, 0.2) is 0 Å². The summed E-state index contributed by atoms with van der Waals surface area (Å²) in [6, 6.07) is 18.0. The van der Waals surface area contributed by atoms with Crippen molar-refractivity contribution in [2.45, 2.75) is 58.0 Å². The summed E-state index contributed by atoms with van der Waals surface area (Å²) in [7, 11) is 0. The first-order valence-corrected chi connectivity index (χ1v) is 9.90. The highest BCUT2D eigenvalue weighted by atomic mass is 19.3. The van der Waals surface area contributed by atoms with Crippen molar-refractivity contribution in [3.8, 4) is 5.75 Å². The molecule has 2 atom stereocenters. The van der Waals surface area contributed by atoms with Crippen LogP contribution in [-0.2, 0) is 4.74 Å². The Morgan fingerprint density at radius 2 is 1.67 bits per heavy atom. The molecular weight excluding hydrogens is 392 g/mol. The van der Waals surface area contributed by atoms with Gasteiger partial charge in [-0.05, 0) is 38.5 Å². The summed E-state index contributed by atoms with van der Waals surface area (Å²) in [5.74, 6) is 0.0763. The third-order valence-electron chi connectivity index (χ3n) is 4.64. The van der Waals surface area contributed by atoms with E-state index >= 15 is 0 Å². The van der Waals surface area contributed by atoms with E-state index in [9.17, 15) is 18.7 Å². The number of ether oxygens (including phenoxy) is 2. The second-order valence-electron chi connectivity index (χ2n) is 7.78. The Kier molecular flexibility index (Phi) is 8.59. The minimum atomic E-state index is -2.86. The third-order valence-corrected chi connectivity index (χ3v) is 4.64. The first-order valence-electron chi connectivity index (χ1n) is 9.90. The Hall–Kier alpha value is -2.67. The van der Waals surface area contributed by atoms with Crippen LogP contribution in [0, 0.1) is 0 Å². The van der Waals surface area contributed by atoms with Crippen molar-refractivity contribution in [3.05, 3.63) is 66.2 Å². The minimum absolute atomic E-state index is 0.0763. The number of hydrogen-bond acceptors (Lipinski definition) is 4. The minimum Gasteiger partial charge on any atom is -0.446 e. The van der Waals surface area contributed by atoms with Crippen molar-refractivity contribution in [1.29, 1.82) is 0 Å². The molecule has 2 aromatic rings. The maximum absolute atomic E-state index is 12.2. The van der Waals surface area contributed by atoms with Crippen molar-refractivity contribution in [1.82, 2.24) is 4.90 Å². The molecular formula is C23H29F2NO4. The number of alkyl halides is 2. The zero-order valence-electron chi connectivity index (χ0n) is 17.5. The Labute approximate surface area is 176 Å². The van der Waals surface area contributed by atoms with Gasteiger partial charge in [0.05, 0.1) is 11.6 Å². The van der Waals surface area contributed by atoms with E-state index in [1.807, 2.05) is 43.3 Å². The highest BCUT2D eigenvalue weighted by molar-refractivity contribution is 5.69. The zero-order chi connectivity index (χ0) is 22.1. The molecule has 5 nitrogen and oxygen atoms in total. The number of hydrogen-bond donors (Lipinski definition) is 1. The monoisotopic (exact) mass is 421 g/mol. The normalized spacial score (nSPS) is 17.6. The van der Waals surface area contributed by atoms with Gasteiger partial charge >= 0.3 is 12.7 Å². The fourth-order valence-corrected chi connectivity index (χ4v) is 3.19. The number of cyclic esters (lactones) is 1. The van der Waals surface area contributed by atoms with Gasteiger partial charge < -0.3 is 19.5 Å². The average Bonchev–Trinajstić information content (AvgIpc) is 2.68. The molecule has 1 N–H and O–H groups in total. The second-order valence-corrected chi connectivity index (χ2v) is 7.78. The molecule has 1 aliphatic rings. The van der Waals surface area contributed by atoms with Crippen molar-refractivity contribution in [2.75, 3.05) is 6.54 Å². The quantitative estimate of drug-likeness (QED) is 0.678. The molecule has 2 unspecified atom stereocenters. The van der Waals surface area contributed by atoms with Gasteiger partial charge in [-0.2, -0.15) is 8.78 Å². The van der Waals surface area contributed by atoms with Crippen LogP contribution in [0.4, 0.5) is 13.6 Å². The summed E-state index contributed by atoms with van der Waals surface area (Å²) >= 11 is 0. The summed E-state index contributed by atoms with van der Waals surface area (Å²) in [5, 5.41) is 9.83. The lowest BCUT2D eigenvalue weighted by Gasteiger charge is -2.37. The molecule has 1 aliphatic heterocycles. The Balaban J connectivity index is 0.000000456. The Morgan fingerprint density at radius 1 is 1.13 bits per heavy atom. The van der Waals surface area contributed by atoms with E-state index in [2.05, 4.69) is 4.74 Å². The molecule has 0 radical (unpaired) electrons. The predicted molar refractivity (Wildman–Crippen MR) is 110 cm³/mol. The molecule has 0 saturated carbocycles. The molecule has 7 heteroatoms. The van der Waals surface area contributed by atoms with Gasteiger partial charge in [0.2, 0.25) is 0 Å². The highest BCUT2D eigenvalue weighted by Crippen LogP contribution is 2.29. The van der Waals surface area contributed by atoms with Crippen LogP contribution in [-0.4, -0.2) is 41.0 Å². The lowest BCUT2D eigenvalue weighted by atomic mass is 9.97. The molecule has 1 fully saturated rings. The fourth-order valence-electron chi connectivity index (χ4n) is 3.19. The van der Waals surface area contributed by atoms with Crippen LogP contribution >= 0.6 is 0 Å². The molecule has 3 rings (SSSR count). The summed E-state index contributed by atoms with van der Waals surface area (Å²) in [5.41, 5.74) is -0.0892. The standard InChI is InChI=1S/C17H23F2NO4.C6H6/c1-11(12-4-6-13(7-5-12)23-15(18)19)20-9-8-14(24-16(20)21)10-17(2,3)22;1-2-4-6-5-3-1/h4-7,11,14-15,22H,8-10H2,1-3H3;1-6H. The van der Waals surface area contributed by atoms with Crippen LogP contribution in [0.2, 0.25) is 0 Å². The fraction of sp³-hybridized carbons (Fsp3) is 0.435. The van der Waals surface area contributed by atoms with E-state index < -0.39 is 18.3 Å². The zero-order valence-corrected chi connectivity index (χ0v) is 17.5. The van der Waals surface area contributed by atoms with Crippen molar-refractivity contribution < 1.29 is 28.2 Å². The van der Waals surface area contributed by atoms with E-state index in [-0.39, 0.29) is 17.9 Å². The van der Waals surface area contributed by atoms with E-state index in [0.717, 1.165) is 5.56 Å². The maximum Gasteiger partial charge on any atom is 0.410 e. The SMILES string of the molecule is CC(c1ccc(OC(F)F)cc1)N1CCC(CC(C)(C)O)OC1=O.c1ccccc1. The largest absolute Gasteiger partial charge is 0.446 e. The predicted octanol–water partition coefficient (Wildman–Crippen LogP) is 5.41. The van der Waals surface area contributed by atoms with Gasteiger partial charge in [-0.15, -0.1) is 0 Å². The van der Waals surface area contributed by atoms with Gasteiger partial charge in [-0.1, -0.05) is 48.5 Å². The topological polar surface area (TPSA) is 59.0 Å². The van der Waals surface area contributed by atoms with Crippen molar-refractivity contribution >= 4 is 6.09 Å². The van der Waals surface area contributed by atoms with Crippen molar-refractivity contribution in [2.24, 2.45) is 0 Å². The number of nitrogens with zero attached hydrogens (tertiary/aromatic N) is 1. The molecule has 0 spiro atoms. The molecule has 1 amide bonds. The lowest BCUT2D eigenvalue weighted by molar-refractivity contribution is -0.0498. The van der Waals surface area contributed by atoms with Crippen LogP contribution in [0.15, 0.2) is 60.7 Å². The van der Waals surface area contributed by atoms with Gasteiger partial charge in [0.25, 0.3) is 0 Å². The molecule has 0 bridgehead atoms. The average molecular weight is 421 g/mol. The number of amides is 1. The van der Waals surface area contributed by atoms with Crippen LogP contribution in [0.3, 0.4) is 0 Å². The molecule has 164 valence electrons. The summed E-state index contributed by atoms with van der Waals surface area (Å²) in [6.45, 7) is 2.85. The third kappa shape index (κ3) is 7.99. The molecule has 30 heavy (non-hydrogen) atoms. The van der Waals surface area contributed by atoms with Crippen LogP contribution < -0.4 is 4.74 Å². The summed E-state index contributed by atoms with van der Waals surface area (Å²) < 4.78 is 34.0. The molecule has 2 aromatic carbocycles. The summed E-state index contributed by atoms with van der Waals surface area (Å²) in [4.78, 5) is 13.8. The number of carbonyl (C=O) groups excluding carboxylic acids is 1. The maximum atomic E-state index is 12.2. The van der Waals surface area contributed by atoms with Crippen LogP contribution in [0.1, 0.15) is 45.2 Å². The molecule has 1 heterocycles. The van der Waals surface area contributed by atoms with Gasteiger partial charge in [0, 0.05) is 19.4 Å². The van der Waals surface area contributed by atoms with E-state index in [0.29, 0.717) is 19.4 Å². The Morgan fingerprint density at radius 3 is 2.10 bits per heavy atom. The van der Waals surface area contributed by atoms with Gasteiger partial charge in [0.1, 0.15) is 11.9 Å². The van der Waals surface area contributed by atoms with E-state index in [1.54, 1.807) is 30.9 Å². The number of rotatable bonds is 6. The number of aliphatic hydroxyl groups is 1. The lowest BCUT2D eigenvalue weighted by Crippen LogP contribution is -2.45. The number of carbonyl (C=O) groups is 1. The first-order chi connectivity index (χ1) is 14.2. The van der Waals surface area contributed by atoms with E-state index in [4.69, 9.17) is 4.74 Å². The molecule has 1 saturated heterocycles. The number of benzene rings is 2. The second kappa shape index (κ2) is 10.9. The van der Waals surface area contributed by atoms with Gasteiger partial charge in [-0.25, -0.2) is 4.79 Å². The molecule has 0 aromatic heterocycles. The smallest absolute Gasteiger partial charge is 0.410 e. The first kappa shape index (κ1) is 23.6.